The molecule has 0 bridgehead atoms. The second-order valence-corrected chi connectivity index (χ2v) is 4.68. The van der Waals surface area contributed by atoms with Crippen LogP contribution in [0.1, 0.15) is 33.7 Å². The van der Waals surface area contributed by atoms with Crippen LogP contribution in [-0.4, -0.2) is 27.5 Å². The lowest BCUT2D eigenvalue weighted by atomic mass is 10.1. The highest BCUT2D eigenvalue weighted by Crippen LogP contribution is 2.21. The zero-order chi connectivity index (χ0) is 12.3. The molecule has 0 aromatic carbocycles. The smallest absolute Gasteiger partial charge is 0.148 e. The van der Waals surface area contributed by atoms with Crippen molar-refractivity contribution < 1.29 is 5.11 Å². The van der Waals surface area contributed by atoms with Crippen LogP contribution in [0.4, 0.5) is 11.5 Å². The van der Waals surface area contributed by atoms with Crippen LogP contribution in [-0.2, 0) is 0 Å². The number of nitrogen functional groups attached to an aromatic ring is 1. The molecule has 0 amide bonds. The second kappa shape index (κ2) is 5.21. The van der Waals surface area contributed by atoms with E-state index in [0.717, 1.165) is 5.82 Å². The van der Waals surface area contributed by atoms with Gasteiger partial charge in [-0.3, -0.25) is 0 Å². The maximum absolute atomic E-state index is 9.71. The van der Waals surface area contributed by atoms with Crippen LogP contribution in [0.15, 0.2) is 6.20 Å². The minimum Gasteiger partial charge on any atom is -0.394 e. The lowest BCUT2D eigenvalue weighted by Gasteiger charge is -2.18. The van der Waals surface area contributed by atoms with Gasteiger partial charge in [-0.25, -0.2) is 4.68 Å². The summed E-state index contributed by atoms with van der Waals surface area (Å²) in [5.74, 6) is 1.01. The molecule has 1 heterocycles. The van der Waals surface area contributed by atoms with Gasteiger partial charge in [0, 0.05) is 12.6 Å². The molecule has 16 heavy (non-hydrogen) atoms. The van der Waals surface area contributed by atoms with Crippen molar-refractivity contribution in [3.63, 3.8) is 0 Å². The van der Waals surface area contributed by atoms with Crippen molar-refractivity contribution in [3.05, 3.63) is 6.20 Å². The number of rotatable bonds is 5. The molecule has 1 aromatic rings. The SMILES string of the molecule is CC(C)C(O)CNc1c(N)cnn1C(C)C. The molecule has 1 rings (SSSR count). The zero-order valence-corrected chi connectivity index (χ0v) is 10.4. The summed E-state index contributed by atoms with van der Waals surface area (Å²) in [5.41, 5.74) is 6.43. The van der Waals surface area contributed by atoms with Crippen LogP contribution >= 0.6 is 0 Å². The minimum absolute atomic E-state index is 0.226. The average molecular weight is 226 g/mol. The van der Waals surface area contributed by atoms with E-state index in [1.807, 2.05) is 32.4 Å². The fraction of sp³-hybridized carbons (Fsp3) is 0.727. The summed E-state index contributed by atoms with van der Waals surface area (Å²) in [6, 6.07) is 0.246. The fourth-order valence-corrected chi connectivity index (χ4v) is 1.39. The first-order valence-corrected chi connectivity index (χ1v) is 5.68. The molecule has 0 saturated heterocycles. The quantitative estimate of drug-likeness (QED) is 0.710. The molecule has 5 heteroatoms. The van der Waals surface area contributed by atoms with Crippen LogP contribution in [0.3, 0.4) is 0 Å². The normalized spacial score (nSPS) is 13.4. The van der Waals surface area contributed by atoms with E-state index in [0.29, 0.717) is 12.2 Å². The molecule has 1 aromatic heterocycles. The van der Waals surface area contributed by atoms with E-state index in [4.69, 9.17) is 5.73 Å². The number of nitrogens with one attached hydrogen (secondary N) is 1. The zero-order valence-electron chi connectivity index (χ0n) is 10.4. The average Bonchev–Trinajstić information content (AvgIpc) is 2.56. The Bertz CT molecular complexity index is 333. The summed E-state index contributed by atoms with van der Waals surface area (Å²) in [6.07, 6.45) is 1.25. The van der Waals surface area contributed by atoms with Crippen LogP contribution in [0, 0.1) is 5.92 Å². The number of nitrogens with zero attached hydrogens (tertiary/aromatic N) is 2. The molecule has 0 radical (unpaired) electrons. The summed E-state index contributed by atoms with van der Waals surface area (Å²) in [5, 5.41) is 17.0. The van der Waals surface area contributed by atoms with Crippen LogP contribution in [0.2, 0.25) is 0 Å². The van der Waals surface area contributed by atoms with Crippen LogP contribution in [0.5, 0.6) is 0 Å². The first kappa shape index (κ1) is 12.8. The Morgan fingerprint density at radius 1 is 1.44 bits per heavy atom. The highest BCUT2D eigenvalue weighted by molar-refractivity contribution is 5.60. The van der Waals surface area contributed by atoms with E-state index in [2.05, 4.69) is 10.4 Å². The first-order chi connectivity index (χ1) is 7.43. The van der Waals surface area contributed by atoms with Crippen molar-refractivity contribution in [2.75, 3.05) is 17.6 Å². The number of aliphatic hydroxyl groups excluding tert-OH is 1. The predicted octanol–water partition coefficient (Wildman–Crippen LogP) is 1.47. The molecule has 0 saturated carbocycles. The maximum Gasteiger partial charge on any atom is 0.148 e. The van der Waals surface area contributed by atoms with Gasteiger partial charge in [0.05, 0.1) is 18.0 Å². The van der Waals surface area contributed by atoms with Crippen molar-refractivity contribution in [2.45, 2.75) is 39.8 Å². The largest absolute Gasteiger partial charge is 0.394 e. The van der Waals surface area contributed by atoms with Gasteiger partial charge in [-0.05, 0) is 19.8 Å². The van der Waals surface area contributed by atoms with E-state index in [-0.39, 0.29) is 18.1 Å². The molecule has 0 aliphatic carbocycles. The number of aromatic nitrogens is 2. The number of hydrogen-bond donors (Lipinski definition) is 3. The molecular formula is C11H22N4O. The van der Waals surface area contributed by atoms with Gasteiger partial charge in [0.1, 0.15) is 5.82 Å². The van der Waals surface area contributed by atoms with Gasteiger partial charge in [-0.15, -0.1) is 0 Å². The van der Waals surface area contributed by atoms with E-state index >= 15 is 0 Å². The highest BCUT2D eigenvalue weighted by Gasteiger charge is 2.13. The minimum atomic E-state index is -0.380. The van der Waals surface area contributed by atoms with Crippen molar-refractivity contribution in [3.8, 4) is 0 Å². The molecule has 0 aliphatic rings. The number of nitrogens with two attached hydrogens (primary N) is 1. The third-order valence-corrected chi connectivity index (χ3v) is 2.56. The molecule has 5 nitrogen and oxygen atoms in total. The van der Waals surface area contributed by atoms with Gasteiger partial charge in [-0.1, -0.05) is 13.8 Å². The third-order valence-electron chi connectivity index (χ3n) is 2.56. The van der Waals surface area contributed by atoms with Gasteiger partial charge >= 0.3 is 0 Å². The Balaban J connectivity index is 2.69. The molecule has 0 spiro atoms. The van der Waals surface area contributed by atoms with Crippen molar-refractivity contribution in [1.29, 1.82) is 0 Å². The van der Waals surface area contributed by atoms with Gasteiger partial charge in [-0.2, -0.15) is 5.10 Å². The molecule has 1 unspecified atom stereocenters. The van der Waals surface area contributed by atoms with Crippen LogP contribution < -0.4 is 11.1 Å². The van der Waals surface area contributed by atoms with Gasteiger partial charge in [0.25, 0.3) is 0 Å². The standard InChI is InChI=1S/C11H22N4O/c1-7(2)10(16)6-13-11-9(12)5-14-15(11)8(3)4/h5,7-8,10,13,16H,6,12H2,1-4H3. The predicted molar refractivity (Wildman–Crippen MR) is 66.4 cm³/mol. The van der Waals surface area contributed by atoms with Crippen molar-refractivity contribution in [1.82, 2.24) is 9.78 Å². The molecule has 0 aliphatic heterocycles. The van der Waals surface area contributed by atoms with Crippen molar-refractivity contribution in [2.24, 2.45) is 5.92 Å². The van der Waals surface area contributed by atoms with Gasteiger partial charge in [0.15, 0.2) is 0 Å². The summed E-state index contributed by atoms with van der Waals surface area (Å²) >= 11 is 0. The topological polar surface area (TPSA) is 76.1 Å². The number of hydrogen-bond acceptors (Lipinski definition) is 4. The molecule has 92 valence electrons. The monoisotopic (exact) mass is 226 g/mol. The first-order valence-electron chi connectivity index (χ1n) is 5.68. The molecule has 4 N–H and O–H groups in total. The molecule has 1 atom stereocenters. The van der Waals surface area contributed by atoms with Crippen LogP contribution in [0.25, 0.3) is 0 Å². The highest BCUT2D eigenvalue weighted by atomic mass is 16.3. The lowest BCUT2D eigenvalue weighted by molar-refractivity contribution is 0.137. The Morgan fingerprint density at radius 3 is 2.56 bits per heavy atom. The third kappa shape index (κ3) is 2.88. The Hall–Kier alpha value is -1.23. The lowest BCUT2D eigenvalue weighted by Crippen LogP contribution is -2.26. The Morgan fingerprint density at radius 2 is 2.06 bits per heavy atom. The number of anilines is 2. The molecule has 0 fully saturated rings. The van der Waals surface area contributed by atoms with E-state index in [9.17, 15) is 5.11 Å². The van der Waals surface area contributed by atoms with E-state index < -0.39 is 0 Å². The second-order valence-electron chi connectivity index (χ2n) is 4.68. The maximum atomic E-state index is 9.71. The van der Waals surface area contributed by atoms with Crippen molar-refractivity contribution >= 4 is 11.5 Å². The van der Waals surface area contributed by atoms with E-state index in [1.165, 1.54) is 0 Å². The Kier molecular flexibility index (Phi) is 4.18. The van der Waals surface area contributed by atoms with Gasteiger partial charge < -0.3 is 16.2 Å². The fourth-order valence-electron chi connectivity index (χ4n) is 1.39. The molecular weight excluding hydrogens is 204 g/mol. The summed E-state index contributed by atoms with van der Waals surface area (Å²) in [4.78, 5) is 0. The summed E-state index contributed by atoms with van der Waals surface area (Å²) in [7, 11) is 0. The van der Waals surface area contributed by atoms with Gasteiger partial charge in [0.2, 0.25) is 0 Å². The summed E-state index contributed by atoms with van der Waals surface area (Å²) < 4.78 is 1.82. The van der Waals surface area contributed by atoms with E-state index in [1.54, 1.807) is 6.20 Å². The summed E-state index contributed by atoms with van der Waals surface area (Å²) in [6.45, 7) is 8.53. The Labute approximate surface area is 96.6 Å². The number of aliphatic hydroxyl groups is 1.